The molecule has 5 nitrogen and oxygen atoms in total. The zero-order chi connectivity index (χ0) is 16.2. The van der Waals surface area contributed by atoms with Crippen LogP contribution in [0.5, 0.6) is 23.0 Å². The molecule has 0 saturated carbocycles. The third kappa shape index (κ3) is 3.24. The maximum Gasteiger partial charge on any atom is 0.173 e. The Kier molecular flexibility index (Phi) is 4.39. The molecule has 1 aromatic heterocycles. The van der Waals surface area contributed by atoms with E-state index in [0.29, 0.717) is 33.7 Å². The van der Waals surface area contributed by atoms with Gasteiger partial charge in [0.05, 0.1) is 20.4 Å². The molecular weight excluding hydrogens is 316 g/mol. The van der Waals surface area contributed by atoms with Gasteiger partial charge in [0.2, 0.25) is 0 Å². The Morgan fingerprint density at radius 1 is 0.913 bits per heavy atom. The maximum absolute atomic E-state index is 5.89. The van der Waals surface area contributed by atoms with Crippen molar-refractivity contribution in [1.29, 1.82) is 0 Å². The van der Waals surface area contributed by atoms with Crippen molar-refractivity contribution >= 4 is 11.6 Å². The molecule has 118 valence electrons. The van der Waals surface area contributed by atoms with Crippen molar-refractivity contribution in [3.8, 4) is 34.3 Å². The molecule has 3 aromatic rings. The molecule has 6 heteroatoms. The van der Waals surface area contributed by atoms with Crippen LogP contribution in [0.25, 0.3) is 11.3 Å². The Hall–Kier alpha value is -2.66. The average molecular weight is 331 g/mol. The van der Waals surface area contributed by atoms with Gasteiger partial charge >= 0.3 is 0 Å². The van der Waals surface area contributed by atoms with Gasteiger partial charge in [0.1, 0.15) is 22.9 Å². The lowest BCUT2D eigenvalue weighted by atomic mass is 10.1. The molecule has 0 radical (unpaired) electrons. The van der Waals surface area contributed by atoms with E-state index in [1.807, 2.05) is 12.1 Å². The van der Waals surface area contributed by atoms with Crippen LogP contribution >= 0.6 is 11.6 Å². The van der Waals surface area contributed by atoms with Gasteiger partial charge in [-0.15, -0.1) is 0 Å². The number of hydrogen-bond donors (Lipinski definition) is 1. The molecule has 0 unspecified atom stereocenters. The zero-order valence-corrected chi connectivity index (χ0v) is 13.4. The summed E-state index contributed by atoms with van der Waals surface area (Å²) in [4.78, 5) is 0. The van der Waals surface area contributed by atoms with Crippen LogP contribution in [0.1, 0.15) is 0 Å². The van der Waals surface area contributed by atoms with Crippen LogP contribution in [0.3, 0.4) is 0 Å². The summed E-state index contributed by atoms with van der Waals surface area (Å²) < 4.78 is 16.5. The van der Waals surface area contributed by atoms with Crippen molar-refractivity contribution in [2.45, 2.75) is 0 Å². The summed E-state index contributed by atoms with van der Waals surface area (Å²) in [7, 11) is 3.21. The third-order valence-electron chi connectivity index (χ3n) is 3.31. The molecule has 1 heterocycles. The highest BCUT2D eigenvalue weighted by atomic mass is 35.5. The fraction of sp³-hybridized carbons (Fsp3) is 0.118. The minimum Gasteiger partial charge on any atom is -0.497 e. The molecule has 0 spiro atoms. The SMILES string of the molecule is COc1ccc(-c2n[nH]cc2Oc2ccc(Cl)cc2)c(OC)c1. The lowest BCUT2D eigenvalue weighted by Crippen LogP contribution is -1.92. The molecule has 0 atom stereocenters. The smallest absolute Gasteiger partial charge is 0.173 e. The summed E-state index contributed by atoms with van der Waals surface area (Å²) >= 11 is 5.89. The topological polar surface area (TPSA) is 56.4 Å². The number of H-pyrrole nitrogens is 1. The van der Waals surface area contributed by atoms with Crippen LogP contribution in [0, 0.1) is 0 Å². The molecule has 23 heavy (non-hydrogen) atoms. The molecule has 0 aliphatic heterocycles. The Balaban J connectivity index is 1.96. The number of aromatic nitrogens is 2. The number of nitrogens with one attached hydrogen (secondary N) is 1. The summed E-state index contributed by atoms with van der Waals surface area (Å²) in [6.07, 6.45) is 1.69. The van der Waals surface area contributed by atoms with Crippen LogP contribution in [0.15, 0.2) is 48.7 Å². The van der Waals surface area contributed by atoms with Gasteiger partial charge in [0.25, 0.3) is 0 Å². The van der Waals surface area contributed by atoms with Crippen molar-refractivity contribution in [1.82, 2.24) is 10.2 Å². The van der Waals surface area contributed by atoms with E-state index in [9.17, 15) is 0 Å². The van der Waals surface area contributed by atoms with E-state index in [1.54, 1.807) is 50.7 Å². The van der Waals surface area contributed by atoms with Gasteiger partial charge in [-0.05, 0) is 36.4 Å². The largest absolute Gasteiger partial charge is 0.497 e. The van der Waals surface area contributed by atoms with Crippen molar-refractivity contribution < 1.29 is 14.2 Å². The van der Waals surface area contributed by atoms with Gasteiger partial charge in [0.15, 0.2) is 5.75 Å². The van der Waals surface area contributed by atoms with Gasteiger partial charge in [-0.1, -0.05) is 11.6 Å². The van der Waals surface area contributed by atoms with Gasteiger partial charge in [0, 0.05) is 16.7 Å². The van der Waals surface area contributed by atoms with Gasteiger partial charge in [-0.3, -0.25) is 5.10 Å². The first-order chi connectivity index (χ1) is 11.2. The normalized spacial score (nSPS) is 10.4. The average Bonchev–Trinajstić information content (AvgIpc) is 3.04. The van der Waals surface area contributed by atoms with Crippen LogP contribution in [0.2, 0.25) is 5.02 Å². The number of ether oxygens (including phenoxy) is 3. The van der Waals surface area contributed by atoms with E-state index in [2.05, 4.69) is 10.2 Å². The second-order valence-electron chi connectivity index (χ2n) is 4.72. The summed E-state index contributed by atoms with van der Waals surface area (Å²) in [5, 5.41) is 7.74. The van der Waals surface area contributed by atoms with Crippen LogP contribution < -0.4 is 14.2 Å². The number of hydrogen-bond acceptors (Lipinski definition) is 4. The number of halogens is 1. The van der Waals surface area contributed by atoms with E-state index >= 15 is 0 Å². The highest BCUT2D eigenvalue weighted by molar-refractivity contribution is 6.30. The molecule has 2 aromatic carbocycles. The summed E-state index contributed by atoms with van der Waals surface area (Å²) in [6, 6.07) is 12.7. The first kappa shape index (κ1) is 15.2. The molecule has 0 saturated heterocycles. The fourth-order valence-electron chi connectivity index (χ4n) is 2.17. The second kappa shape index (κ2) is 6.62. The standard InChI is InChI=1S/C17H15ClN2O3/c1-21-13-7-8-14(15(9-13)22-2)17-16(10-19-20-17)23-12-5-3-11(18)4-6-12/h3-10H,1-2H3,(H,19,20). The van der Waals surface area contributed by atoms with E-state index in [4.69, 9.17) is 25.8 Å². The number of aromatic amines is 1. The lowest BCUT2D eigenvalue weighted by molar-refractivity contribution is 0.395. The highest BCUT2D eigenvalue weighted by Crippen LogP contribution is 2.38. The Labute approximate surface area is 138 Å². The summed E-state index contributed by atoms with van der Waals surface area (Å²) in [6.45, 7) is 0. The molecule has 1 N–H and O–H groups in total. The molecule has 0 fully saturated rings. The highest BCUT2D eigenvalue weighted by Gasteiger charge is 2.16. The van der Waals surface area contributed by atoms with Crippen molar-refractivity contribution in [2.75, 3.05) is 14.2 Å². The minimum atomic E-state index is 0.593. The Morgan fingerprint density at radius 2 is 1.65 bits per heavy atom. The van der Waals surface area contributed by atoms with Crippen LogP contribution in [0.4, 0.5) is 0 Å². The predicted octanol–water partition coefficient (Wildman–Crippen LogP) is 4.54. The van der Waals surface area contributed by atoms with Crippen molar-refractivity contribution in [3.63, 3.8) is 0 Å². The Morgan fingerprint density at radius 3 is 2.35 bits per heavy atom. The quantitative estimate of drug-likeness (QED) is 0.746. The van der Waals surface area contributed by atoms with Crippen molar-refractivity contribution in [3.05, 3.63) is 53.7 Å². The summed E-state index contributed by atoms with van der Waals surface area (Å²) in [5.41, 5.74) is 1.46. The van der Waals surface area contributed by atoms with Crippen LogP contribution in [-0.2, 0) is 0 Å². The monoisotopic (exact) mass is 330 g/mol. The minimum absolute atomic E-state index is 0.593. The lowest BCUT2D eigenvalue weighted by Gasteiger charge is -2.10. The van der Waals surface area contributed by atoms with Gasteiger partial charge in [-0.25, -0.2) is 0 Å². The number of rotatable bonds is 5. The number of nitrogens with zero attached hydrogens (tertiary/aromatic N) is 1. The Bertz CT molecular complexity index is 800. The molecule has 3 rings (SSSR count). The van der Waals surface area contributed by atoms with E-state index < -0.39 is 0 Å². The molecule has 0 aliphatic rings. The summed E-state index contributed by atoms with van der Waals surface area (Å²) in [5.74, 6) is 2.62. The molecular formula is C17H15ClN2O3. The predicted molar refractivity (Wildman–Crippen MR) is 88.7 cm³/mol. The van der Waals surface area contributed by atoms with E-state index in [0.717, 1.165) is 5.56 Å². The third-order valence-corrected chi connectivity index (χ3v) is 3.56. The first-order valence-corrected chi connectivity index (χ1v) is 7.28. The molecule has 0 amide bonds. The van der Waals surface area contributed by atoms with Crippen molar-refractivity contribution in [2.24, 2.45) is 0 Å². The zero-order valence-electron chi connectivity index (χ0n) is 12.7. The molecule has 0 bridgehead atoms. The fourth-order valence-corrected chi connectivity index (χ4v) is 2.30. The maximum atomic E-state index is 5.89. The van der Waals surface area contributed by atoms with E-state index in [1.165, 1.54) is 0 Å². The number of benzene rings is 2. The van der Waals surface area contributed by atoms with Gasteiger partial charge in [-0.2, -0.15) is 5.10 Å². The molecule has 0 aliphatic carbocycles. The number of methoxy groups -OCH3 is 2. The van der Waals surface area contributed by atoms with Crippen LogP contribution in [-0.4, -0.2) is 24.4 Å². The van der Waals surface area contributed by atoms with Gasteiger partial charge < -0.3 is 14.2 Å². The second-order valence-corrected chi connectivity index (χ2v) is 5.16. The van der Waals surface area contributed by atoms with E-state index in [-0.39, 0.29) is 0 Å². The first-order valence-electron chi connectivity index (χ1n) is 6.91.